The molecule has 0 aromatic heterocycles. The lowest BCUT2D eigenvalue weighted by molar-refractivity contribution is -0.143. The van der Waals surface area contributed by atoms with Crippen molar-refractivity contribution in [2.24, 2.45) is 0 Å². The topological polar surface area (TPSA) is 64.6 Å². The van der Waals surface area contributed by atoms with Crippen molar-refractivity contribution in [1.29, 1.82) is 0 Å². The number of benzene rings is 1. The van der Waals surface area contributed by atoms with Gasteiger partial charge in [0, 0.05) is 11.1 Å². The molecule has 0 radical (unpaired) electrons. The number of carbonyl (C=O) groups is 2. The third kappa shape index (κ3) is 6.24. The fourth-order valence-corrected chi connectivity index (χ4v) is 2.96. The van der Waals surface area contributed by atoms with Gasteiger partial charge >= 0.3 is 5.97 Å². The molecule has 0 aliphatic heterocycles. The van der Waals surface area contributed by atoms with Crippen LogP contribution < -0.4 is 10.1 Å². The van der Waals surface area contributed by atoms with Gasteiger partial charge in [0.15, 0.2) is 0 Å². The Kier molecular flexibility index (Phi) is 9.00. The van der Waals surface area contributed by atoms with Crippen molar-refractivity contribution >= 4 is 40.9 Å². The van der Waals surface area contributed by atoms with E-state index < -0.39 is 0 Å². The number of halogens is 1. The summed E-state index contributed by atoms with van der Waals surface area (Å²) in [6.45, 7) is 6.09. The first-order valence-electron chi connectivity index (χ1n) is 7.85. The smallest absolute Gasteiger partial charge is 0.319 e. The Balaban J connectivity index is 2.63. The number of anilines is 1. The van der Waals surface area contributed by atoms with Crippen LogP contribution in [0, 0.1) is 6.92 Å². The minimum Gasteiger partial charge on any atom is -0.495 e. The average molecular weight is 374 g/mol. The molecule has 0 bridgehead atoms. The van der Waals surface area contributed by atoms with E-state index in [9.17, 15) is 9.59 Å². The van der Waals surface area contributed by atoms with Crippen LogP contribution in [0.5, 0.6) is 5.75 Å². The second-order valence-corrected chi connectivity index (χ2v) is 6.82. The van der Waals surface area contributed by atoms with Gasteiger partial charge in [-0.2, -0.15) is 0 Å². The predicted octanol–water partition coefficient (Wildman–Crippen LogP) is 4.06. The lowest BCUT2D eigenvalue weighted by atomic mass is 10.2. The quantitative estimate of drug-likeness (QED) is 0.661. The Morgan fingerprint density at radius 3 is 2.62 bits per heavy atom. The highest BCUT2D eigenvalue weighted by Gasteiger charge is 2.20. The van der Waals surface area contributed by atoms with E-state index >= 15 is 0 Å². The second-order valence-electron chi connectivity index (χ2n) is 5.23. The number of nitrogens with one attached hydrogen (secondary N) is 1. The van der Waals surface area contributed by atoms with Crippen molar-refractivity contribution in [2.45, 2.75) is 38.9 Å². The number of esters is 1. The minimum absolute atomic E-state index is 0.157. The highest BCUT2D eigenvalue weighted by molar-refractivity contribution is 8.01. The summed E-state index contributed by atoms with van der Waals surface area (Å²) in [5, 5.41) is 3.03. The summed E-state index contributed by atoms with van der Waals surface area (Å²) in [6, 6.07) is 3.42. The van der Waals surface area contributed by atoms with Crippen molar-refractivity contribution in [2.75, 3.05) is 24.8 Å². The molecular weight excluding hydrogens is 350 g/mol. The molecule has 1 aromatic carbocycles. The molecule has 1 unspecified atom stereocenters. The molecule has 134 valence electrons. The van der Waals surface area contributed by atoms with Gasteiger partial charge in [-0.1, -0.05) is 25.4 Å². The Labute approximate surface area is 152 Å². The van der Waals surface area contributed by atoms with Crippen LogP contribution in [0.1, 0.15) is 32.3 Å². The van der Waals surface area contributed by atoms with Gasteiger partial charge in [0.1, 0.15) is 11.0 Å². The van der Waals surface area contributed by atoms with E-state index in [0.29, 0.717) is 29.5 Å². The van der Waals surface area contributed by atoms with Crippen molar-refractivity contribution in [1.82, 2.24) is 0 Å². The number of carbonyl (C=O) groups excluding carboxylic acids is 2. The van der Waals surface area contributed by atoms with Gasteiger partial charge in [-0.15, -0.1) is 11.8 Å². The first-order valence-corrected chi connectivity index (χ1v) is 9.27. The molecule has 0 fully saturated rings. The summed E-state index contributed by atoms with van der Waals surface area (Å²) in [4.78, 5) is 24.0. The molecule has 0 heterocycles. The highest BCUT2D eigenvalue weighted by Crippen LogP contribution is 2.31. The average Bonchev–Trinajstić information content (AvgIpc) is 2.56. The van der Waals surface area contributed by atoms with E-state index in [1.807, 2.05) is 20.8 Å². The number of hydrogen-bond acceptors (Lipinski definition) is 5. The van der Waals surface area contributed by atoms with Crippen LogP contribution in [0.4, 0.5) is 5.69 Å². The summed E-state index contributed by atoms with van der Waals surface area (Å²) < 4.78 is 10.4. The van der Waals surface area contributed by atoms with E-state index in [0.717, 1.165) is 12.0 Å². The van der Waals surface area contributed by atoms with E-state index in [1.165, 1.54) is 18.9 Å². The zero-order chi connectivity index (χ0) is 18.1. The molecule has 1 rings (SSSR count). The third-order valence-electron chi connectivity index (χ3n) is 3.25. The highest BCUT2D eigenvalue weighted by atomic mass is 35.5. The molecule has 0 aliphatic rings. The number of aryl methyl sites for hydroxylation is 1. The lowest BCUT2D eigenvalue weighted by Gasteiger charge is -2.15. The first kappa shape index (κ1) is 20.6. The van der Waals surface area contributed by atoms with Crippen molar-refractivity contribution in [3.8, 4) is 5.75 Å². The Morgan fingerprint density at radius 1 is 1.33 bits per heavy atom. The van der Waals surface area contributed by atoms with Crippen LogP contribution >= 0.6 is 23.4 Å². The SMILES string of the molecule is CCCOC(=O)C(CC)SCC(=O)Nc1cc(C)c(Cl)cc1OC. The van der Waals surface area contributed by atoms with Crippen LogP contribution in [0.3, 0.4) is 0 Å². The molecule has 0 aliphatic carbocycles. The lowest BCUT2D eigenvalue weighted by Crippen LogP contribution is -2.23. The molecule has 1 N–H and O–H groups in total. The van der Waals surface area contributed by atoms with Gasteiger partial charge in [0.2, 0.25) is 5.91 Å². The molecule has 24 heavy (non-hydrogen) atoms. The van der Waals surface area contributed by atoms with Crippen molar-refractivity contribution in [3.63, 3.8) is 0 Å². The van der Waals surface area contributed by atoms with E-state index in [4.69, 9.17) is 21.1 Å². The maximum Gasteiger partial charge on any atom is 0.319 e. The Bertz CT molecular complexity index is 580. The summed E-state index contributed by atoms with van der Waals surface area (Å²) in [6.07, 6.45) is 1.40. The minimum atomic E-state index is -0.337. The number of rotatable bonds is 9. The molecule has 1 amide bonds. The molecule has 0 saturated heterocycles. The van der Waals surface area contributed by atoms with Crippen LogP contribution in [0.2, 0.25) is 5.02 Å². The van der Waals surface area contributed by atoms with Gasteiger partial charge in [-0.3, -0.25) is 9.59 Å². The Morgan fingerprint density at radius 2 is 2.04 bits per heavy atom. The van der Waals surface area contributed by atoms with Crippen LogP contribution in [-0.4, -0.2) is 36.6 Å². The second kappa shape index (κ2) is 10.5. The zero-order valence-electron chi connectivity index (χ0n) is 14.5. The maximum atomic E-state index is 12.2. The van der Waals surface area contributed by atoms with Gasteiger partial charge in [0.05, 0.1) is 25.2 Å². The standard InChI is InChI=1S/C17H24ClNO4S/c1-5-7-23-17(21)15(6-2)24-10-16(20)19-13-8-11(3)12(18)9-14(13)22-4/h8-9,15H,5-7,10H2,1-4H3,(H,19,20). The molecular formula is C17H24ClNO4S. The third-order valence-corrected chi connectivity index (χ3v) is 5.02. The van der Waals surface area contributed by atoms with Gasteiger partial charge in [-0.25, -0.2) is 0 Å². The normalized spacial score (nSPS) is 11.7. The molecule has 7 heteroatoms. The van der Waals surface area contributed by atoms with Crippen molar-refractivity contribution < 1.29 is 19.1 Å². The molecule has 1 atom stereocenters. The van der Waals surface area contributed by atoms with Crippen molar-refractivity contribution in [3.05, 3.63) is 22.7 Å². The van der Waals surface area contributed by atoms with E-state index in [-0.39, 0.29) is 22.9 Å². The number of thioether (sulfide) groups is 1. The van der Waals surface area contributed by atoms with E-state index in [2.05, 4.69) is 5.32 Å². The monoisotopic (exact) mass is 373 g/mol. The van der Waals surface area contributed by atoms with Gasteiger partial charge in [-0.05, 0) is 31.4 Å². The van der Waals surface area contributed by atoms with Crippen LogP contribution in [-0.2, 0) is 14.3 Å². The fourth-order valence-electron chi connectivity index (χ4n) is 1.94. The number of ether oxygens (including phenoxy) is 2. The summed E-state index contributed by atoms with van der Waals surface area (Å²) in [5.74, 6) is 0.182. The van der Waals surface area contributed by atoms with Crippen LogP contribution in [0.15, 0.2) is 12.1 Å². The predicted molar refractivity (Wildman–Crippen MR) is 99.2 cm³/mol. The maximum absolute atomic E-state index is 12.2. The fraction of sp³-hybridized carbons (Fsp3) is 0.529. The number of hydrogen-bond donors (Lipinski definition) is 1. The summed E-state index contributed by atoms with van der Waals surface area (Å²) >= 11 is 7.33. The number of methoxy groups -OCH3 is 1. The summed E-state index contributed by atoms with van der Waals surface area (Å²) in [5.41, 5.74) is 1.40. The molecule has 0 saturated carbocycles. The summed E-state index contributed by atoms with van der Waals surface area (Å²) in [7, 11) is 1.52. The van der Waals surface area contributed by atoms with E-state index in [1.54, 1.807) is 12.1 Å². The van der Waals surface area contributed by atoms with Gasteiger partial charge < -0.3 is 14.8 Å². The molecule has 0 spiro atoms. The van der Waals surface area contributed by atoms with Crippen LogP contribution in [0.25, 0.3) is 0 Å². The molecule has 5 nitrogen and oxygen atoms in total. The largest absolute Gasteiger partial charge is 0.495 e. The first-order chi connectivity index (χ1) is 11.4. The molecule has 1 aromatic rings. The Hall–Kier alpha value is -1.40. The van der Waals surface area contributed by atoms with Gasteiger partial charge in [0.25, 0.3) is 0 Å². The zero-order valence-corrected chi connectivity index (χ0v) is 16.1. The number of amides is 1.